The van der Waals surface area contributed by atoms with Gasteiger partial charge in [0.05, 0.1) is 22.0 Å². The molecule has 31 heavy (non-hydrogen) atoms. The molecule has 0 spiro atoms. The summed E-state index contributed by atoms with van der Waals surface area (Å²) in [5.41, 5.74) is 0.442. The van der Waals surface area contributed by atoms with Crippen LogP contribution < -0.4 is 5.32 Å². The fourth-order valence-electron chi connectivity index (χ4n) is 6.85. The summed E-state index contributed by atoms with van der Waals surface area (Å²) in [5, 5.41) is 23.5. The average molecular weight is 447 g/mol. The van der Waals surface area contributed by atoms with Crippen LogP contribution in [0.3, 0.4) is 0 Å². The van der Waals surface area contributed by atoms with Crippen LogP contribution in [0.2, 0.25) is 5.02 Å². The third-order valence-corrected chi connectivity index (χ3v) is 7.83. The Labute approximate surface area is 185 Å². The molecule has 2 aromatic rings. The number of hydrogen-bond donors (Lipinski definition) is 1. The molecule has 0 aliphatic heterocycles. The molecule has 9 nitrogen and oxygen atoms in total. The van der Waals surface area contributed by atoms with Crippen molar-refractivity contribution in [3.63, 3.8) is 0 Å². The van der Waals surface area contributed by atoms with E-state index in [1.807, 2.05) is 11.6 Å². The number of amides is 1. The second kappa shape index (κ2) is 7.32. The average Bonchev–Trinajstić information content (AvgIpc) is 3.32. The smallest absolute Gasteiger partial charge is 0.307 e. The lowest BCUT2D eigenvalue weighted by molar-refractivity contribution is -0.385. The molecule has 2 heterocycles. The molecule has 4 saturated carbocycles. The zero-order chi connectivity index (χ0) is 21.8. The van der Waals surface area contributed by atoms with E-state index in [1.165, 1.54) is 12.6 Å². The van der Waals surface area contributed by atoms with E-state index in [2.05, 4.69) is 15.5 Å². The summed E-state index contributed by atoms with van der Waals surface area (Å²) in [6.07, 6.45) is 11.3. The lowest BCUT2D eigenvalue weighted by atomic mass is 9.46. The first-order valence-corrected chi connectivity index (χ1v) is 11.4. The van der Waals surface area contributed by atoms with Gasteiger partial charge < -0.3 is 5.32 Å². The van der Waals surface area contributed by atoms with Crippen molar-refractivity contribution in [3.05, 3.63) is 39.4 Å². The van der Waals surface area contributed by atoms with Gasteiger partial charge >= 0.3 is 5.69 Å². The molecule has 2 atom stereocenters. The molecule has 0 saturated heterocycles. The number of nitrogens with zero attached hydrogens (tertiary/aromatic N) is 5. The van der Waals surface area contributed by atoms with Crippen molar-refractivity contribution in [2.75, 3.05) is 0 Å². The highest BCUT2D eigenvalue weighted by Crippen LogP contribution is 2.65. The van der Waals surface area contributed by atoms with Crippen LogP contribution in [0.15, 0.2) is 18.6 Å². The van der Waals surface area contributed by atoms with Crippen LogP contribution in [0, 0.1) is 27.4 Å². The van der Waals surface area contributed by atoms with Crippen molar-refractivity contribution in [2.24, 2.45) is 17.3 Å². The van der Waals surface area contributed by atoms with Crippen molar-refractivity contribution in [1.29, 1.82) is 0 Å². The van der Waals surface area contributed by atoms with Crippen LogP contribution in [0.5, 0.6) is 0 Å². The molecular formula is C21H27ClN6O3. The van der Waals surface area contributed by atoms with Gasteiger partial charge in [-0.25, -0.2) is 0 Å². The quantitative estimate of drug-likeness (QED) is 0.515. The Balaban J connectivity index is 1.31. The van der Waals surface area contributed by atoms with Crippen LogP contribution >= 0.6 is 11.6 Å². The molecule has 6 rings (SSSR count). The normalized spacial score (nSPS) is 31.2. The van der Waals surface area contributed by atoms with Crippen LogP contribution in [0.25, 0.3) is 0 Å². The molecule has 1 amide bonds. The van der Waals surface area contributed by atoms with E-state index in [1.54, 1.807) is 17.1 Å². The summed E-state index contributed by atoms with van der Waals surface area (Å²) in [7, 11) is 0. The topological polar surface area (TPSA) is 108 Å². The van der Waals surface area contributed by atoms with E-state index in [4.69, 9.17) is 11.6 Å². The van der Waals surface area contributed by atoms with E-state index in [0.717, 1.165) is 38.6 Å². The van der Waals surface area contributed by atoms with E-state index in [0.29, 0.717) is 35.5 Å². The highest BCUT2D eigenvalue weighted by molar-refractivity contribution is 6.31. The van der Waals surface area contributed by atoms with Gasteiger partial charge in [-0.05, 0) is 62.7 Å². The van der Waals surface area contributed by atoms with Crippen molar-refractivity contribution in [2.45, 2.75) is 70.5 Å². The molecule has 4 bridgehead atoms. The van der Waals surface area contributed by atoms with Gasteiger partial charge in [-0.3, -0.25) is 24.3 Å². The maximum absolute atomic E-state index is 12.9. The maximum atomic E-state index is 12.9. The standard InChI is InChI=1S/C21H27ClN6O3/c1-2-26-12-17(22)18(25-26)10-23-19(29)8-20-4-14-3-15(5-20)7-21(6-14,13-20)27-11-16(9-24-27)28(30)31/h9,11-12,14-15H,2-8,10,13H2,1H3,(H,23,29). The second-order valence-corrected chi connectivity index (χ2v) is 10.2. The number of carbonyl (C=O) groups excluding carboxylic acids is 1. The highest BCUT2D eigenvalue weighted by atomic mass is 35.5. The summed E-state index contributed by atoms with van der Waals surface area (Å²) < 4.78 is 3.60. The number of halogens is 1. The SMILES string of the molecule is CCn1cc(Cl)c(CNC(=O)CC23CC4CC(C2)CC(n2cc([N+](=O)[O-])cn2)(C4)C3)n1. The molecule has 0 aromatic carbocycles. The number of hydrogen-bond acceptors (Lipinski definition) is 5. The molecule has 2 aromatic heterocycles. The van der Waals surface area contributed by atoms with Gasteiger partial charge in [0.15, 0.2) is 0 Å². The van der Waals surface area contributed by atoms with Crippen LogP contribution in [-0.2, 0) is 23.4 Å². The Hall–Kier alpha value is -2.42. The molecule has 2 unspecified atom stereocenters. The van der Waals surface area contributed by atoms with Crippen LogP contribution in [0.4, 0.5) is 5.69 Å². The number of aryl methyl sites for hydroxylation is 1. The Morgan fingerprint density at radius 2 is 2.06 bits per heavy atom. The molecule has 4 aliphatic carbocycles. The van der Waals surface area contributed by atoms with Gasteiger partial charge in [-0.1, -0.05) is 11.6 Å². The molecule has 166 valence electrons. The van der Waals surface area contributed by atoms with E-state index < -0.39 is 4.92 Å². The minimum Gasteiger partial charge on any atom is -0.350 e. The van der Waals surface area contributed by atoms with Crippen LogP contribution in [0.1, 0.15) is 57.6 Å². The second-order valence-electron chi connectivity index (χ2n) is 9.82. The lowest BCUT2D eigenvalue weighted by Crippen LogP contribution is -2.57. The highest BCUT2D eigenvalue weighted by Gasteiger charge is 2.59. The Morgan fingerprint density at radius 3 is 2.68 bits per heavy atom. The van der Waals surface area contributed by atoms with Gasteiger partial charge in [0, 0.05) is 19.2 Å². The predicted molar refractivity (Wildman–Crippen MR) is 113 cm³/mol. The summed E-state index contributed by atoms with van der Waals surface area (Å²) in [5.74, 6) is 1.12. The van der Waals surface area contributed by atoms with E-state index in [-0.39, 0.29) is 22.5 Å². The third kappa shape index (κ3) is 3.62. The molecule has 1 N–H and O–H groups in total. The molecule has 4 fully saturated rings. The van der Waals surface area contributed by atoms with Crippen molar-refractivity contribution in [1.82, 2.24) is 24.9 Å². The molecular weight excluding hydrogens is 420 g/mol. The summed E-state index contributed by atoms with van der Waals surface area (Å²) in [6.45, 7) is 3.04. The number of aromatic nitrogens is 4. The minimum absolute atomic E-state index is 0.0191. The van der Waals surface area contributed by atoms with Gasteiger partial charge in [-0.15, -0.1) is 0 Å². The monoisotopic (exact) mass is 446 g/mol. The van der Waals surface area contributed by atoms with E-state index in [9.17, 15) is 14.9 Å². The number of nitrogens with one attached hydrogen (secondary N) is 1. The van der Waals surface area contributed by atoms with Crippen molar-refractivity contribution < 1.29 is 9.72 Å². The number of nitro groups is 1. The third-order valence-electron chi connectivity index (χ3n) is 7.52. The van der Waals surface area contributed by atoms with Gasteiger partial charge in [0.1, 0.15) is 18.1 Å². The summed E-state index contributed by atoms with van der Waals surface area (Å²) >= 11 is 6.22. The predicted octanol–water partition coefficient (Wildman–Crippen LogP) is 3.66. The molecule has 4 aliphatic rings. The molecule has 0 radical (unpaired) electrons. The Bertz CT molecular complexity index is 1020. The number of carbonyl (C=O) groups is 1. The fourth-order valence-corrected chi connectivity index (χ4v) is 7.07. The fraction of sp³-hybridized carbons (Fsp3) is 0.667. The summed E-state index contributed by atoms with van der Waals surface area (Å²) in [4.78, 5) is 23.7. The van der Waals surface area contributed by atoms with Gasteiger partial charge in [-0.2, -0.15) is 10.2 Å². The number of rotatable bonds is 7. The first-order chi connectivity index (χ1) is 14.8. The first-order valence-electron chi connectivity index (χ1n) is 11.0. The summed E-state index contributed by atoms with van der Waals surface area (Å²) in [6, 6.07) is 0. The van der Waals surface area contributed by atoms with Crippen LogP contribution in [-0.4, -0.2) is 30.4 Å². The van der Waals surface area contributed by atoms with Gasteiger partial charge in [0.2, 0.25) is 5.91 Å². The maximum Gasteiger partial charge on any atom is 0.307 e. The lowest BCUT2D eigenvalue weighted by Gasteiger charge is -2.61. The van der Waals surface area contributed by atoms with Crippen molar-refractivity contribution >= 4 is 23.2 Å². The van der Waals surface area contributed by atoms with Crippen molar-refractivity contribution in [3.8, 4) is 0 Å². The minimum atomic E-state index is -0.391. The molecule has 10 heteroatoms. The first kappa shape index (κ1) is 20.5. The Kier molecular flexibility index (Phi) is 4.84. The zero-order valence-corrected chi connectivity index (χ0v) is 18.3. The zero-order valence-electron chi connectivity index (χ0n) is 17.6. The Morgan fingerprint density at radius 1 is 1.32 bits per heavy atom. The largest absolute Gasteiger partial charge is 0.350 e. The van der Waals surface area contributed by atoms with E-state index >= 15 is 0 Å². The van der Waals surface area contributed by atoms with Gasteiger partial charge in [0.25, 0.3) is 0 Å².